The first-order valence-electron chi connectivity index (χ1n) is 4.09. The second-order valence-corrected chi connectivity index (χ2v) is 3.85. The van der Waals surface area contributed by atoms with Crippen molar-refractivity contribution >= 4 is 5.97 Å². The number of hydrogen-bond acceptors (Lipinski definition) is 1. The maximum Gasteiger partial charge on any atom is 0.362 e. The molecule has 3 nitrogen and oxygen atoms in total. The van der Waals surface area contributed by atoms with E-state index in [2.05, 4.69) is 0 Å². The van der Waals surface area contributed by atoms with Crippen LogP contribution in [0.5, 0.6) is 0 Å². The summed E-state index contributed by atoms with van der Waals surface area (Å²) < 4.78 is 0.648. The standard InChI is InChI=1S/C8H15NO2.ClH/c1-9(2)6-4-3-5-7(9)8(10)11;/h7H,3-6H2,1-2H3;1H/t7-;/m0./s1. The summed E-state index contributed by atoms with van der Waals surface area (Å²) in [6.07, 6.45) is 3.07. The quantitative estimate of drug-likeness (QED) is 0.476. The Morgan fingerprint density at radius 3 is 2.33 bits per heavy atom. The smallest absolute Gasteiger partial charge is 0.362 e. The molecule has 0 saturated carbocycles. The van der Waals surface area contributed by atoms with E-state index in [0.717, 1.165) is 25.8 Å². The number of likely N-dealkylation sites (N-methyl/N-ethyl adjacent to an activating group) is 1. The Hall–Kier alpha value is -0.280. The van der Waals surface area contributed by atoms with Crippen LogP contribution >= 0.6 is 0 Å². The second-order valence-electron chi connectivity index (χ2n) is 3.85. The number of piperidine rings is 1. The van der Waals surface area contributed by atoms with E-state index in [1.165, 1.54) is 0 Å². The van der Waals surface area contributed by atoms with Gasteiger partial charge in [-0.25, -0.2) is 4.79 Å². The zero-order chi connectivity index (χ0) is 8.48. The molecule has 0 aliphatic carbocycles. The molecule has 0 spiro atoms. The van der Waals surface area contributed by atoms with E-state index in [4.69, 9.17) is 5.11 Å². The molecule has 0 aromatic carbocycles. The second kappa shape index (κ2) is 4.10. The number of quaternary nitrogens is 1. The van der Waals surface area contributed by atoms with Gasteiger partial charge < -0.3 is 22.0 Å². The van der Waals surface area contributed by atoms with E-state index < -0.39 is 5.97 Å². The highest BCUT2D eigenvalue weighted by molar-refractivity contribution is 5.72. The van der Waals surface area contributed by atoms with Crippen LogP contribution in [-0.2, 0) is 4.79 Å². The zero-order valence-electron chi connectivity index (χ0n) is 7.59. The molecule has 1 N–H and O–H groups in total. The van der Waals surface area contributed by atoms with E-state index >= 15 is 0 Å². The molecule has 0 bridgehead atoms. The molecule has 0 radical (unpaired) electrons. The molecule has 1 atom stereocenters. The lowest BCUT2D eigenvalue weighted by atomic mass is 10.0. The summed E-state index contributed by atoms with van der Waals surface area (Å²) in [5, 5.41) is 8.86. The number of carboxylic acid groups (broad SMARTS) is 1. The Bertz CT molecular complexity index is 170. The van der Waals surface area contributed by atoms with Crippen molar-refractivity contribution in [2.75, 3.05) is 20.6 Å². The number of halogens is 1. The summed E-state index contributed by atoms with van der Waals surface area (Å²) in [5.74, 6) is -0.644. The van der Waals surface area contributed by atoms with Gasteiger partial charge in [-0.3, -0.25) is 0 Å². The van der Waals surface area contributed by atoms with Crippen molar-refractivity contribution in [2.45, 2.75) is 25.3 Å². The molecule has 4 heteroatoms. The molecular weight excluding hydrogens is 178 g/mol. The number of aliphatic carboxylic acids is 1. The summed E-state index contributed by atoms with van der Waals surface area (Å²) in [6, 6.07) is -0.177. The van der Waals surface area contributed by atoms with Gasteiger partial charge >= 0.3 is 5.97 Å². The number of carbonyl (C=O) groups is 1. The summed E-state index contributed by atoms with van der Waals surface area (Å²) >= 11 is 0. The van der Waals surface area contributed by atoms with E-state index in [-0.39, 0.29) is 18.4 Å². The minimum absolute atomic E-state index is 0. The molecule has 0 aromatic rings. The van der Waals surface area contributed by atoms with Crippen LogP contribution in [0.3, 0.4) is 0 Å². The molecule has 0 amide bonds. The SMILES string of the molecule is C[N+]1(C)CCCC[C@H]1C(=O)O.[Cl-]. The van der Waals surface area contributed by atoms with Gasteiger partial charge in [0.2, 0.25) is 0 Å². The number of carboxylic acids is 1. The molecule has 1 fully saturated rings. The summed E-state index contributed by atoms with van der Waals surface area (Å²) in [4.78, 5) is 10.8. The average Bonchev–Trinajstić information content (AvgIpc) is 1.85. The molecule has 1 aliphatic heterocycles. The van der Waals surface area contributed by atoms with Gasteiger partial charge in [0.05, 0.1) is 20.6 Å². The van der Waals surface area contributed by atoms with Gasteiger partial charge in [-0.15, -0.1) is 0 Å². The van der Waals surface area contributed by atoms with Crippen LogP contribution in [-0.4, -0.2) is 42.2 Å². The molecule has 0 unspecified atom stereocenters. The van der Waals surface area contributed by atoms with Gasteiger partial charge in [0, 0.05) is 6.42 Å². The molecule has 1 rings (SSSR count). The first-order valence-corrected chi connectivity index (χ1v) is 4.09. The van der Waals surface area contributed by atoms with E-state index in [1.54, 1.807) is 0 Å². The fourth-order valence-corrected chi connectivity index (χ4v) is 1.78. The third-order valence-corrected chi connectivity index (χ3v) is 2.59. The van der Waals surface area contributed by atoms with Crippen molar-refractivity contribution in [1.82, 2.24) is 0 Å². The lowest BCUT2D eigenvalue weighted by Gasteiger charge is -2.38. The first-order chi connectivity index (χ1) is 5.04. The fraction of sp³-hybridized carbons (Fsp3) is 0.875. The van der Waals surface area contributed by atoms with Crippen LogP contribution in [0.2, 0.25) is 0 Å². The summed E-state index contributed by atoms with van der Waals surface area (Å²) in [7, 11) is 4.00. The predicted molar refractivity (Wildman–Crippen MR) is 42.3 cm³/mol. The van der Waals surface area contributed by atoms with Crippen LogP contribution in [0.15, 0.2) is 0 Å². The zero-order valence-corrected chi connectivity index (χ0v) is 8.34. The Morgan fingerprint density at radius 2 is 2.00 bits per heavy atom. The molecule has 1 aliphatic rings. The predicted octanol–water partition coefficient (Wildman–Crippen LogP) is -2.30. The number of hydrogen-bond donors (Lipinski definition) is 1. The lowest BCUT2D eigenvalue weighted by molar-refractivity contribution is -0.911. The van der Waals surface area contributed by atoms with E-state index in [0.29, 0.717) is 4.48 Å². The monoisotopic (exact) mass is 193 g/mol. The highest BCUT2D eigenvalue weighted by Crippen LogP contribution is 2.21. The Kier molecular flexibility index (Phi) is 4.00. The number of likely N-dealkylation sites (tertiary alicyclic amines) is 1. The van der Waals surface area contributed by atoms with Gasteiger partial charge in [-0.1, -0.05) is 0 Å². The molecular formula is C8H16ClNO2. The lowest BCUT2D eigenvalue weighted by Crippen LogP contribution is -3.00. The number of rotatable bonds is 1. The molecule has 1 saturated heterocycles. The third-order valence-electron chi connectivity index (χ3n) is 2.59. The average molecular weight is 194 g/mol. The molecule has 1 heterocycles. The minimum Gasteiger partial charge on any atom is -1.00 e. The van der Waals surface area contributed by atoms with Gasteiger partial charge in [-0.05, 0) is 12.8 Å². The Labute approximate surface area is 79.4 Å². The van der Waals surface area contributed by atoms with Crippen molar-refractivity contribution in [1.29, 1.82) is 0 Å². The largest absolute Gasteiger partial charge is 1.00 e. The van der Waals surface area contributed by atoms with Crippen LogP contribution in [0.1, 0.15) is 19.3 Å². The van der Waals surface area contributed by atoms with E-state index in [1.807, 2.05) is 14.1 Å². The highest BCUT2D eigenvalue weighted by atomic mass is 35.5. The van der Waals surface area contributed by atoms with Gasteiger partial charge in [0.1, 0.15) is 0 Å². The van der Waals surface area contributed by atoms with E-state index in [9.17, 15) is 4.79 Å². The van der Waals surface area contributed by atoms with Crippen molar-refractivity contribution in [2.24, 2.45) is 0 Å². The van der Waals surface area contributed by atoms with Crippen molar-refractivity contribution in [3.8, 4) is 0 Å². The summed E-state index contributed by atoms with van der Waals surface area (Å²) in [6.45, 7) is 0.997. The topological polar surface area (TPSA) is 37.3 Å². The minimum atomic E-state index is -0.644. The van der Waals surface area contributed by atoms with Gasteiger partial charge in [-0.2, -0.15) is 0 Å². The van der Waals surface area contributed by atoms with Crippen LogP contribution < -0.4 is 12.4 Å². The normalized spacial score (nSPS) is 27.3. The molecule has 0 aromatic heterocycles. The van der Waals surface area contributed by atoms with Gasteiger partial charge in [0.15, 0.2) is 6.04 Å². The van der Waals surface area contributed by atoms with Crippen molar-refractivity contribution in [3.63, 3.8) is 0 Å². The van der Waals surface area contributed by atoms with Crippen molar-refractivity contribution in [3.05, 3.63) is 0 Å². The maximum absolute atomic E-state index is 10.8. The van der Waals surface area contributed by atoms with Crippen molar-refractivity contribution < 1.29 is 26.8 Å². The van der Waals surface area contributed by atoms with Gasteiger partial charge in [0.25, 0.3) is 0 Å². The third kappa shape index (κ3) is 2.35. The van der Waals surface area contributed by atoms with Crippen LogP contribution in [0, 0.1) is 0 Å². The van der Waals surface area contributed by atoms with Crippen LogP contribution in [0.4, 0.5) is 0 Å². The van der Waals surface area contributed by atoms with Crippen LogP contribution in [0.25, 0.3) is 0 Å². The molecule has 72 valence electrons. The number of nitrogens with zero attached hydrogens (tertiary/aromatic N) is 1. The fourth-order valence-electron chi connectivity index (χ4n) is 1.78. The Morgan fingerprint density at radius 1 is 1.42 bits per heavy atom. The highest BCUT2D eigenvalue weighted by Gasteiger charge is 2.36. The molecule has 12 heavy (non-hydrogen) atoms. The Balaban J connectivity index is 0.00000121. The summed E-state index contributed by atoms with van der Waals surface area (Å²) in [5.41, 5.74) is 0. The maximum atomic E-state index is 10.8. The first kappa shape index (κ1) is 11.7.